The first-order chi connectivity index (χ1) is 8.60. The van der Waals surface area contributed by atoms with Crippen molar-refractivity contribution in [3.63, 3.8) is 0 Å². The second kappa shape index (κ2) is 5.38. The third-order valence-electron chi connectivity index (χ3n) is 2.44. The van der Waals surface area contributed by atoms with Gasteiger partial charge in [0.05, 0.1) is 7.11 Å². The van der Waals surface area contributed by atoms with Crippen LogP contribution in [0.3, 0.4) is 0 Å². The van der Waals surface area contributed by atoms with E-state index in [9.17, 15) is 4.79 Å². The zero-order chi connectivity index (χ0) is 13.1. The number of nitrogens with zero attached hydrogens (tertiary/aromatic N) is 2. The monoisotopic (exact) mass is 358 g/mol. The number of aromatic nitrogens is 2. The van der Waals surface area contributed by atoms with Crippen LogP contribution in [0.4, 0.5) is 0 Å². The van der Waals surface area contributed by atoms with Crippen molar-refractivity contribution in [3.8, 4) is 5.88 Å². The zero-order valence-corrected chi connectivity index (χ0v) is 11.8. The number of carboxylic acid groups (broad SMARTS) is 1. The first-order valence-electron chi connectivity index (χ1n) is 5.18. The molecule has 2 aromatic rings. The maximum Gasteiger partial charge on any atom is 0.352 e. The molecular weight excluding hydrogens is 347 g/mol. The maximum atomic E-state index is 11.1. The molecule has 6 heteroatoms. The Morgan fingerprint density at radius 1 is 1.56 bits per heavy atom. The van der Waals surface area contributed by atoms with Crippen LogP contribution in [0, 0.1) is 3.57 Å². The highest BCUT2D eigenvalue weighted by Crippen LogP contribution is 2.14. The summed E-state index contributed by atoms with van der Waals surface area (Å²) in [6, 6.07) is 5.26. The highest BCUT2D eigenvalue weighted by Gasteiger charge is 2.11. The highest BCUT2D eigenvalue weighted by molar-refractivity contribution is 14.1. The number of hydrogen-bond acceptors (Lipinski definition) is 3. The Kier molecular flexibility index (Phi) is 3.85. The maximum absolute atomic E-state index is 11.1. The molecule has 0 bridgehead atoms. The number of pyridine rings is 1. The van der Waals surface area contributed by atoms with Gasteiger partial charge in [-0.25, -0.2) is 9.78 Å². The minimum absolute atomic E-state index is 0.273. The van der Waals surface area contributed by atoms with E-state index in [0.29, 0.717) is 12.4 Å². The molecule has 5 nitrogen and oxygen atoms in total. The van der Waals surface area contributed by atoms with E-state index in [-0.39, 0.29) is 5.69 Å². The number of rotatable bonds is 4. The van der Waals surface area contributed by atoms with Crippen LogP contribution < -0.4 is 4.74 Å². The molecule has 0 radical (unpaired) electrons. The van der Waals surface area contributed by atoms with E-state index in [1.807, 2.05) is 6.07 Å². The van der Waals surface area contributed by atoms with Gasteiger partial charge in [-0.1, -0.05) is 6.07 Å². The molecule has 1 N–H and O–H groups in total. The normalized spacial score (nSPS) is 10.3. The number of aromatic carboxylic acids is 1. The van der Waals surface area contributed by atoms with Gasteiger partial charge in [0.1, 0.15) is 5.69 Å². The van der Waals surface area contributed by atoms with Crippen molar-refractivity contribution in [1.82, 2.24) is 9.55 Å². The molecule has 0 aliphatic heterocycles. The first kappa shape index (κ1) is 12.9. The Labute approximate surface area is 118 Å². The van der Waals surface area contributed by atoms with E-state index in [1.165, 1.54) is 0 Å². The molecule has 2 heterocycles. The average molecular weight is 358 g/mol. The van der Waals surface area contributed by atoms with Crippen molar-refractivity contribution in [2.24, 2.45) is 0 Å². The van der Waals surface area contributed by atoms with Crippen LogP contribution >= 0.6 is 22.6 Å². The SMILES string of the molecule is COc1ccc(Cn2cc(I)cc2C(=O)O)cn1. The summed E-state index contributed by atoms with van der Waals surface area (Å²) < 4.78 is 7.56. The average Bonchev–Trinajstić information content (AvgIpc) is 2.71. The number of methoxy groups -OCH3 is 1. The standard InChI is InChI=1S/C12H11IN2O3/c1-18-11-3-2-8(5-14-11)6-15-7-9(13)4-10(15)12(16)17/h2-5,7H,6H2,1H3,(H,16,17). The van der Waals surface area contributed by atoms with Crippen molar-refractivity contribution < 1.29 is 14.6 Å². The predicted octanol–water partition coefficient (Wildman–Crippen LogP) is 2.24. The van der Waals surface area contributed by atoms with E-state index in [1.54, 1.807) is 36.2 Å². The quantitative estimate of drug-likeness (QED) is 0.852. The van der Waals surface area contributed by atoms with Crippen molar-refractivity contribution >= 4 is 28.6 Å². The van der Waals surface area contributed by atoms with Gasteiger partial charge in [-0.2, -0.15) is 0 Å². The molecule has 0 saturated carbocycles. The Bertz CT molecular complexity index is 563. The molecule has 94 valence electrons. The molecule has 0 amide bonds. The molecule has 2 aromatic heterocycles. The van der Waals surface area contributed by atoms with Crippen molar-refractivity contribution in [2.75, 3.05) is 7.11 Å². The molecular formula is C12H11IN2O3. The largest absolute Gasteiger partial charge is 0.481 e. The Hall–Kier alpha value is -1.57. The number of halogens is 1. The minimum Gasteiger partial charge on any atom is -0.481 e. The molecule has 0 unspecified atom stereocenters. The summed E-state index contributed by atoms with van der Waals surface area (Å²) in [7, 11) is 1.55. The predicted molar refractivity (Wildman–Crippen MR) is 74.0 cm³/mol. The van der Waals surface area contributed by atoms with E-state index >= 15 is 0 Å². The van der Waals surface area contributed by atoms with Crippen LogP contribution in [0.25, 0.3) is 0 Å². The summed E-state index contributed by atoms with van der Waals surface area (Å²) >= 11 is 2.09. The summed E-state index contributed by atoms with van der Waals surface area (Å²) in [5.74, 6) is -0.390. The molecule has 2 rings (SSSR count). The lowest BCUT2D eigenvalue weighted by atomic mass is 10.3. The van der Waals surface area contributed by atoms with Gasteiger partial charge in [-0.3, -0.25) is 0 Å². The number of carboxylic acids is 1. The van der Waals surface area contributed by atoms with E-state index in [0.717, 1.165) is 9.13 Å². The number of carbonyl (C=O) groups is 1. The molecule has 0 fully saturated rings. The van der Waals surface area contributed by atoms with Gasteiger partial charge in [-0.05, 0) is 34.2 Å². The van der Waals surface area contributed by atoms with Crippen LogP contribution in [0.2, 0.25) is 0 Å². The molecule has 0 saturated heterocycles. The molecule has 18 heavy (non-hydrogen) atoms. The van der Waals surface area contributed by atoms with Crippen molar-refractivity contribution in [2.45, 2.75) is 6.54 Å². The third kappa shape index (κ3) is 2.81. The second-order valence-corrected chi connectivity index (χ2v) is 4.93. The molecule has 0 aliphatic carbocycles. The molecule has 0 atom stereocenters. The minimum atomic E-state index is -0.931. The summed E-state index contributed by atoms with van der Waals surface area (Å²) in [6.07, 6.45) is 3.48. The molecule has 0 aliphatic rings. The van der Waals surface area contributed by atoms with Gasteiger partial charge in [0.15, 0.2) is 0 Å². The van der Waals surface area contributed by atoms with E-state index < -0.39 is 5.97 Å². The van der Waals surface area contributed by atoms with E-state index in [2.05, 4.69) is 27.6 Å². The van der Waals surface area contributed by atoms with Gasteiger partial charge in [0.2, 0.25) is 5.88 Å². The lowest BCUT2D eigenvalue weighted by molar-refractivity contribution is 0.0685. The number of hydrogen-bond donors (Lipinski definition) is 1. The van der Waals surface area contributed by atoms with Crippen LogP contribution in [0.5, 0.6) is 5.88 Å². The topological polar surface area (TPSA) is 64.3 Å². The fourth-order valence-corrected chi connectivity index (χ4v) is 2.24. The number of ether oxygens (including phenoxy) is 1. The van der Waals surface area contributed by atoms with Gasteiger partial charge in [0.25, 0.3) is 0 Å². The summed E-state index contributed by atoms with van der Waals surface area (Å²) in [6.45, 7) is 0.474. The third-order valence-corrected chi connectivity index (χ3v) is 3.03. The molecule has 0 spiro atoms. The van der Waals surface area contributed by atoms with Crippen LogP contribution in [0.1, 0.15) is 16.1 Å². The van der Waals surface area contributed by atoms with Crippen LogP contribution in [0.15, 0.2) is 30.6 Å². The zero-order valence-electron chi connectivity index (χ0n) is 9.63. The Morgan fingerprint density at radius 2 is 2.33 bits per heavy atom. The van der Waals surface area contributed by atoms with Gasteiger partial charge >= 0.3 is 5.97 Å². The van der Waals surface area contributed by atoms with Crippen LogP contribution in [-0.4, -0.2) is 27.7 Å². The Balaban J connectivity index is 2.25. The van der Waals surface area contributed by atoms with Gasteiger partial charge in [0, 0.05) is 28.6 Å². The van der Waals surface area contributed by atoms with Gasteiger partial charge in [-0.15, -0.1) is 0 Å². The lowest BCUT2D eigenvalue weighted by Crippen LogP contribution is -2.08. The van der Waals surface area contributed by atoms with Crippen LogP contribution in [-0.2, 0) is 6.54 Å². The van der Waals surface area contributed by atoms with E-state index in [4.69, 9.17) is 9.84 Å². The fourth-order valence-electron chi connectivity index (χ4n) is 1.61. The molecule has 0 aromatic carbocycles. The van der Waals surface area contributed by atoms with Crippen molar-refractivity contribution in [3.05, 3.63) is 45.4 Å². The van der Waals surface area contributed by atoms with Gasteiger partial charge < -0.3 is 14.4 Å². The Morgan fingerprint density at radius 3 is 2.89 bits per heavy atom. The fraction of sp³-hybridized carbons (Fsp3) is 0.167. The summed E-state index contributed by atoms with van der Waals surface area (Å²) in [5.41, 5.74) is 1.19. The van der Waals surface area contributed by atoms with Crippen molar-refractivity contribution in [1.29, 1.82) is 0 Å². The smallest absolute Gasteiger partial charge is 0.352 e. The first-order valence-corrected chi connectivity index (χ1v) is 6.26. The summed E-state index contributed by atoms with van der Waals surface area (Å²) in [5, 5.41) is 9.08. The summed E-state index contributed by atoms with van der Waals surface area (Å²) in [4.78, 5) is 15.2. The second-order valence-electron chi connectivity index (χ2n) is 3.69. The highest BCUT2D eigenvalue weighted by atomic mass is 127. The lowest BCUT2D eigenvalue weighted by Gasteiger charge is -2.06.